The topological polar surface area (TPSA) is 90.3 Å². The molecule has 86 valence electrons. The molecule has 0 amide bonds. The van der Waals surface area contributed by atoms with Crippen molar-refractivity contribution < 1.29 is 0 Å². The second-order valence-corrected chi connectivity index (χ2v) is 3.51. The third kappa shape index (κ3) is 3.28. The van der Waals surface area contributed by atoms with Gasteiger partial charge in [-0.15, -0.1) is 0 Å². The van der Waals surface area contributed by atoms with Crippen molar-refractivity contribution >= 4 is 5.82 Å². The van der Waals surface area contributed by atoms with Crippen LogP contribution in [0.5, 0.6) is 0 Å². The van der Waals surface area contributed by atoms with E-state index in [2.05, 4.69) is 25.5 Å². The Morgan fingerprint density at radius 1 is 1.35 bits per heavy atom. The van der Waals surface area contributed by atoms with E-state index < -0.39 is 0 Å². The Hall–Kier alpha value is -2.42. The van der Waals surface area contributed by atoms with Crippen LogP contribution in [0.1, 0.15) is 17.8 Å². The zero-order chi connectivity index (χ0) is 11.9. The molecule has 6 nitrogen and oxygen atoms in total. The summed E-state index contributed by atoms with van der Waals surface area (Å²) in [6.45, 7) is 0.805. The highest BCUT2D eigenvalue weighted by atomic mass is 15.2. The number of hydrogen-bond donors (Lipinski definition) is 2. The summed E-state index contributed by atoms with van der Waals surface area (Å²) in [5.74, 6) is 1.67. The SMILES string of the molecule is N#Cc1ccc(NCCCc2ncn[nH]2)nc1. The highest BCUT2D eigenvalue weighted by Gasteiger charge is 1.97. The monoisotopic (exact) mass is 228 g/mol. The van der Waals surface area contributed by atoms with Crippen molar-refractivity contribution in [2.24, 2.45) is 0 Å². The summed E-state index contributed by atoms with van der Waals surface area (Å²) >= 11 is 0. The van der Waals surface area contributed by atoms with Crippen LogP contribution in [0.2, 0.25) is 0 Å². The van der Waals surface area contributed by atoms with Gasteiger partial charge in [0.2, 0.25) is 0 Å². The van der Waals surface area contributed by atoms with Crippen molar-refractivity contribution in [2.45, 2.75) is 12.8 Å². The van der Waals surface area contributed by atoms with Crippen LogP contribution in [0.3, 0.4) is 0 Å². The Morgan fingerprint density at radius 3 is 2.94 bits per heavy atom. The Morgan fingerprint density at radius 2 is 2.29 bits per heavy atom. The number of rotatable bonds is 5. The molecule has 2 N–H and O–H groups in total. The molecule has 2 rings (SSSR count). The van der Waals surface area contributed by atoms with Crippen LogP contribution >= 0.6 is 0 Å². The summed E-state index contributed by atoms with van der Waals surface area (Å²) in [6.07, 6.45) is 4.85. The van der Waals surface area contributed by atoms with Gasteiger partial charge in [-0.1, -0.05) is 0 Å². The summed E-state index contributed by atoms with van der Waals surface area (Å²) < 4.78 is 0. The summed E-state index contributed by atoms with van der Waals surface area (Å²) in [7, 11) is 0. The quantitative estimate of drug-likeness (QED) is 0.748. The summed E-state index contributed by atoms with van der Waals surface area (Å²) in [4.78, 5) is 8.15. The minimum Gasteiger partial charge on any atom is -0.370 e. The van der Waals surface area contributed by atoms with Crippen LogP contribution in [0.15, 0.2) is 24.7 Å². The molecule has 0 fully saturated rings. The first kappa shape index (κ1) is 11.1. The lowest BCUT2D eigenvalue weighted by atomic mass is 10.3. The number of anilines is 1. The van der Waals surface area contributed by atoms with E-state index in [1.165, 1.54) is 6.33 Å². The van der Waals surface area contributed by atoms with Crippen LogP contribution in [-0.4, -0.2) is 26.7 Å². The molecule has 2 aromatic heterocycles. The lowest BCUT2D eigenvalue weighted by Crippen LogP contribution is -2.05. The number of pyridine rings is 1. The van der Waals surface area contributed by atoms with E-state index in [1.807, 2.05) is 6.07 Å². The van der Waals surface area contributed by atoms with E-state index in [9.17, 15) is 0 Å². The van der Waals surface area contributed by atoms with Gasteiger partial charge in [-0.05, 0) is 18.6 Å². The van der Waals surface area contributed by atoms with Gasteiger partial charge in [0.25, 0.3) is 0 Å². The summed E-state index contributed by atoms with van der Waals surface area (Å²) in [5.41, 5.74) is 0.567. The maximum Gasteiger partial charge on any atom is 0.137 e. The van der Waals surface area contributed by atoms with Crippen LogP contribution in [0, 0.1) is 11.3 Å². The Bertz CT molecular complexity index is 482. The Kier molecular flexibility index (Phi) is 3.65. The van der Waals surface area contributed by atoms with Crippen molar-refractivity contribution in [1.82, 2.24) is 20.2 Å². The predicted octanol–water partition coefficient (Wildman–Crippen LogP) is 1.12. The van der Waals surface area contributed by atoms with Gasteiger partial charge in [-0.2, -0.15) is 10.4 Å². The van der Waals surface area contributed by atoms with Gasteiger partial charge in [0.1, 0.15) is 24.0 Å². The average Bonchev–Trinajstić information content (AvgIpc) is 2.88. The molecule has 0 spiro atoms. The molecule has 17 heavy (non-hydrogen) atoms. The molecule has 2 aromatic rings. The molecular weight excluding hydrogens is 216 g/mol. The number of nitrogens with zero attached hydrogens (tertiary/aromatic N) is 4. The molecule has 0 aliphatic carbocycles. The largest absolute Gasteiger partial charge is 0.370 e. The van der Waals surface area contributed by atoms with E-state index in [4.69, 9.17) is 5.26 Å². The minimum atomic E-state index is 0.567. The van der Waals surface area contributed by atoms with Crippen molar-refractivity contribution in [2.75, 3.05) is 11.9 Å². The van der Waals surface area contributed by atoms with Gasteiger partial charge in [-0.25, -0.2) is 9.97 Å². The fourth-order valence-electron chi connectivity index (χ4n) is 1.39. The van der Waals surface area contributed by atoms with Crippen LogP contribution in [-0.2, 0) is 6.42 Å². The summed E-state index contributed by atoms with van der Waals surface area (Å²) in [6, 6.07) is 5.57. The number of nitrogens with one attached hydrogen (secondary N) is 2. The van der Waals surface area contributed by atoms with E-state index in [-0.39, 0.29) is 0 Å². The lowest BCUT2D eigenvalue weighted by molar-refractivity contribution is 0.803. The van der Waals surface area contributed by atoms with E-state index in [0.717, 1.165) is 31.0 Å². The van der Waals surface area contributed by atoms with Gasteiger partial charge in [0.05, 0.1) is 5.56 Å². The fraction of sp³-hybridized carbons (Fsp3) is 0.273. The van der Waals surface area contributed by atoms with Gasteiger partial charge in [0.15, 0.2) is 0 Å². The van der Waals surface area contributed by atoms with E-state index >= 15 is 0 Å². The Balaban J connectivity index is 1.73. The zero-order valence-electron chi connectivity index (χ0n) is 9.22. The van der Waals surface area contributed by atoms with Crippen LogP contribution in [0.4, 0.5) is 5.82 Å². The fourth-order valence-corrected chi connectivity index (χ4v) is 1.39. The van der Waals surface area contributed by atoms with E-state index in [0.29, 0.717) is 5.56 Å². The van der Waals surface area contributed by atoms with Gasteiger partial charge < -0.3 is 5.32 Å². The molecule has 0 unspecified atom stereocenters. The van der Waals surface area contributed by atoms with E-state index in [1.54, 1.807) is 18.3 Å². The highest BCUT2D eigenvalue weighted by molar-refractivity contribution is 5.38. The molecule has 0 aromatic carbocycles. The molecule has 0 aliphatic rings. The molecule has 0 bridgehead atoms. The molecule has 0 saturated heterocycles. The third-order valence-corrected chi connectivity index (χ3v) is 2.25. The van der Waals surface area contributed by atoms with Crippen molar-refractivity contribution in [3.63, 3.8) is 0 Å². The average molecular weight is 228 g/mol. The molecule has 6 heteroatoms. The van der Waals surface area contributed by atoms with Crippen molar-refractivity contribution in [3.05, 3.63) is 36.0 Å². The maximum absolute atomic E-state index is 8.62. The number of aromatic amines is 1. The molecule has 0 saturated carbocycles. The number of nitriles is 1. The van der Waals surface area contributed by atoms with Crippen LogP contribution in [0.25, 0.3) is 0 Å². The second-order valence-electron chi connectivity index (χ2n) is 3.51. The first-order chi connectivity index (χ1) is 8.38. The number of aryl methyl sites for hydroxylation is 1. The number of hydrogen-bond acceptors (Lipinski definition) is 5. The molecule has 0 aliphatic heterocycles. The highest BCUT2D eigenvalue weighted by Crippen LogP contribution is 2.04. The first-order valence-electron chi connectivity index (χ1n) is 5.33. The third-order valence-electron chi connectivity index (χ3n) is 2.25. The maximum atomic E-state index is 8.62. The molecular formula is C11H12N6. The normalized spacial score (nSPS) is 9.82. The second kappa shape index (κ2) is 5.61. The number of aromatic nitrogens is 4. The number of H-pyrrole nitrogens is 1. The first-order valence-corrected chi connectivity index (χ1v) is 5.33. The molecule has 0 atom stereocenters. The molecule has 0 radical (unpaired) electrons. The molecule has 2 heterocycles. The van der Waals surface area contributed by atoms with Gasteiger partial charge >= 0.3 is 0 Å². The van der Waals surface area contributed by atoms with Gasteiger partial charge in [0, 0.05) is 19.2 Å². The summed E-state index contributed by atoms with van der Waals surface area (Å²) in [5, 5.41) is 18.4. The lowest BCUT2D eigenvalue weighted by Gasteiger charge is -2.03. The predicted molar refractivity (Wildman–Crippen MR) is 62.1 cm³/mol. The van der Waals surface area contributed by atoms with Crippen molar-refractivity contribution in [1.29, 1.82) is 5.26 Å². The zero-order valence-corrected chi connectivity index (χ0v) is 9.22. The smallest absolute Gasteiger partial charge is 0.137 e. The standard InChI is InChI=1S/C11H12N6/c12-6-9-3-4-10(14-7-9)13-5-1-2-11-15-8-16-17-11/h3-4,7-8H,1-2,5H2,(H,13,14)(H,15,16,17). The van der Waals surface area contributed by atoms with Crippen molar-refractivity contribution in [3.8, 4) is 6.07 Å². The minimum absolute atomic E-state index is 0.567. The Labute approximate surface area is 98.7 Å². The van der Waals surface area contributed by atoms with Crippen LogP contribution < -0.4 is 5.32 Å². The van der Waals surface area contributed by atoms with Gasteiger partial charge in [-0.3, -0.25) is 5.10 Å².